The van der Waals surface area contributed by atoms with Crippen molar-refractivity contribution in [2.24, 2.45) is 5.92 Å². The van der Waals surface area contributed by atoms with Crippen LogP contribution in [0.25, 0.3) is 11.6 Å². The molecule has 1 aliphatic heterocycles. The fourth-order valence-corrected chi connectivity index (χ4v) is 6.01. The normalized spacial score (nSPS) is 18.0. The number of rotatable bonds is 8. The van der Waals surface area contributed by atoms with Gasteiger partial charge >= 0.3 is 5.97 Å². The number of carbonyl (C=O) groups is 2. The number of carbonyl (C=O) groups excluding carboxylic acids is 2. The molecule has 1 aromatic carbocycles. The molecule has 1 aliphatic rings. The highest BCUT2D eigenvalue weighted by molar-refractivity contribution is 7.91. The van der Waals surface area contributed by atoms with Gasteiger partial charge in [0.2, 0.25) is 0 Å². The summed E-state index contributed by atoms with van der Waals surface area (Å²) < 4.78 is 42.3. The molecule has 1 amide bonds. The highest BCUT2D eigenvalue weighted by atomic mass is 32.2. The van der Waals surface area contributed by atoms with Gasteiger partial charge in [0.15, 0.2) is 16.4 Å². The lowest BCUT2D eigenvalue weighted by Crippen LogP contribution is -2.45. The Morgan fingerprint density at radius 1 is 1.25 bits per heavy atom. The van der Waals surface area contributed by atoms with Crippen LogP contribution < -0.4 is 0 Å². The van der Waals surface area contributed by atoms with Crippen LogP contribution >= 0.6 is 11.3 Å². The highest BCUT2D eigenvalue weighted by Gasteiger charge is 2.35. The van der Waals surface area contributed by atoms with Gasteiger partial charge in [-0.15, -0.1) is 11.3 Å². The summed E-state index contributed by atoms with van der Waals surface area (Å²) in [6, 6.07) is 8.84. The van der Waals surface area contributed by atoms with E-state index in [1.807, 2.05) is 19.2 Å². The molecule has 1 saturated heterocycles. The maximum atomic E-state index is 13.2. The van der Waals surface area contributed by atoms with E-state index in [1.165, 1.54) is 28.4 Å². The van der Waals surface area contributed by atoms with E-state index in [4.69, 9.17) is 4.74 Å². The zero-order valence-corrected chi connectivity index (χ0v) is 19.6. The number of halogens is 1. The number of benzene rings is 1. The van der Waals surface area contributed by atoms with E-state index in [1.54, 1.807) is 30.3 Å². The highest BCUT2D eigenvalue weighted by Crippen LogP contribution is 2.25. The zero-order chi connectivity index (χ0) is 23.3. The third kappa shape index (κ3) is 6.49. The molecule has 0 spiro atoms. The lowest BCUT2D eigenvalue weighted by Gasteiger charge is -2.29. The van der Waals surface area contributed by atoms with Gasteiger partial charge in [-0.05, 0) is 47.6 Å². The van der Waals surface area contributed by atoms with Gasteiger partial charge in [0.25, 0.3) is 5.91 Å². The van der Waals surface area contributed by atoms with Crippen molar-refractivity contribution in [3.63, 3.8) is 0 Å². The Balaban J connectivity index is 1.74. The van der Waals surface area contributed by atoms with Crippen LogP contribution in [0.1, 0.15) is 30.7 Å². The van der Waals surface area contributed by atoms with Crippen molar-refractivity contribution in [1.82, 2.24) is 4.90 Å². The number of nitrogens with zero attached hydrogens (tertiary/aromatic N) is 1. The summed E-state index contributed by atoms with van der Waals surface area (Å²) >= 11 is 1.35. The number of ether oxygens (including phenoxy) is 1. The summed E-state index contributed by atoms with van der Waals surface area (Å²) in [6.07, 6.45) is 1.98. The molecular formula is C23H26FNO5S2. The van der Waals surface area contributed by atoms with Gasteiger partial charge in [-0.25, -0.2) is 17.6 Å². The van der Waals surface area contributed by atoms with Crippen molar-refractivity contribution in [1.29, 1.82) is 0 Å². The number of hydrogen-bond donors (Lipinski definition) is 0. The summed E-state index contributed by atoms with van der Waals surface area (Å²) in [7, 11) is -3.16. The molecule has 1 atom stereocenters. The van der Waals surface area contributed by atoms with Crippen LogP contribution in [0.4, 0.5) is 4.39 Å². The molecule has 0 N–H and O–H groups in total. The molecule has 6 nitrogen and oxygen atoms in total. The Bertz CT molecular complexity index is 1080. The van der Waals surface area contributed by atoms with Gasteiger partial charge in [0.05, 0.1) is 17.1 Å². The minimum atomic E-state index is -3.16. The second-order valence-electron chi connectivity index (χ2n) is 8.16. The van der Waals surface area contributed by atoms with Crippen LogP contribution in [0, 0.1) is 11.7 Å². The van der Waals surface area contributed by atoms with E-state index < -0.39 is 34.4 Å². The van der Waals surface area contributed by atoms with Crippen molar-refractivity contribution < 1.29 is 27.1 Å². The molecule has 3 rings (SSSR count). The second kappa shape index (κ2) is 10.4. The molecule has 0 unspecified atom stereocenters. The number of thiophene rings is 1. The molecule has 9 heteroatoms. The van der Waals surface area contributed by atoms with Gasteiger partial charge in [0, 0.05) is 17.5 Å². The van der Waals surface area contributed by atoms with E-state index in [2.05, 4.69) is 0 Å². The van der Waals surface area contributed by atoms with E-state index in [9.17, 15) is 22.4 Å². The van der Waals surface area contributed by atoms with Crippen molar-refractivity contribution in [3.8, 4) is 0 Å². The summed E-state index contributed by atoms with van der Waals surface area (Å²) in [5.41, 5.74) is 0.883. The average molecular weight is 480 g/mol. The maximum absolute atomic E-state index is 13.2. The minimum Gasteiger partial charge on any atom is -0.452 e. The molecule has 32 heavy (non-hydrogen) atoms. The molecule has 0 radical (unpaired) electrons. The Kier molecular flexibility index (Phi) is 7.84. The molecule has 0 aliphatic carbocycles. The van der Waals surface area contributed by atoms with Gasteiger partial charge < -0.3 is 9.64 Å². The number of hydrogen-bond acceptors (Lipinski definition) is 6. The van der Waals surface area contributed by atoms with Crippen LogP contribution in [-0.4, -0.2) is 55.9 Å². The molecule has 2 heterocycles. The van der Waals surface area contributed by atoms with E-state index in [-0.39, 0.29) is 28.8 Å². The molecule has 2 aromatic rings. The van der Waals surface area contributed by atoms with Crippen LogP contribution in [0.2, 0.25) is 0 Å². The fraction of sp³-hybridized carbons (Fsp3) is 0.391. The summed E-state index contributed by atoms with van der Waals surface area (Å²) in [5.74, 6) is -1.34. The van der Waals surface area contributed by atoms with Crippen molar-refractivity contribution in [2.75, 3.05) is 24.7 Å². The van der Waals surface area contributed by atoms with Crippen LogP contribution in [-0.2, 0) is 24.2 Å². The quantitative estimate of drug-likeness (QED) is 0.427. The smallest absolute Gasteiger partial charge is 0.340 e. The Morgan fingerprint density at radius 3 is 2.53 bits per heavy atom. The molecule has 0 saturated carbocycles. The van der Waals surface area contributed by atoms with Crippen molar-refractivity contribution >= 4 is 44.7 Å². The van der Waals surface area contributed by atoms with E-state index >= 15 is 0 Å². The number of amides is 1. The minimum absolute atomic E-state index is 0.0578. The molecule has 1 fully saturated rings. The topological polar surface area (TPSA) is 80.8 Å². The first-order valence-corrected chi connectivity index (χ1v) is 13.0. The Morgan fingerprint density at radius 2 is 1.97 bits per heavy atom. The SMILES string of the molecule is CC(C)CN(C(=O)COC(=O)/C(=C/c1ccc(F)cc1)c1cccs1)[C@@H]1CCS(=O)(=O)C1. The van der Waals surface area contributed by atoms with Gasteiger partial charge in [-0.3, -0.25) is 4.79 Å². The molecule has 0 bridgehead atoms. The first-order valence-electron chi connectivity index (χ1n) is 10.3. The maximum Gasteiger partial charge on any atom is 0.340 e. The van der Waals surface area contributed by atoms with Gasteiger partial charge in [0.1, 0.15) is 5.82 Å². The predicted octanol–water partition coefficient (Wildman–Crippen LogP) is 3.64. The summed E-state index contributed by atoms with van der Waals surface area (Å²) in [4.78, 5) is 27.9. The predicted molar refractivity (Wildman–Crippen MR) is 123 cm³/mol. The molecule has 172 valence electrons. The van der Waals surface area contributed by atoms with Crippen molar-refractivity contribution in [3.05, 3.63) is 58.0 Å². The third-order valence-corrected chi connectivity index (χ3v) is 7.70. The van der Waals surface area contributed by atoms with Crippen molar-refractivity contribution in [2.45, 2.75) is 26.3 Å². The van der Waals surface area contributed by atoms with Crippen LogP contribution in [0.3, 0.4) is 0 Å². The largest absolute Gasteiger partial charge is 0.452 e. The monoisotopic (exact) mass is 479 g/mol. The third-order valence-electron chi connectivity index (χ3n) is 5.05. The molecule has 1 aromatic heterocycles. The van der Waals surface area contributed by atoms with Crippen LogP contribution in [0.5, 0.6) is 0 Å². The van der Waals surface area contributed by atoms with E-state index in [0.29, 0.717) is 23.4 Å². The summed E-state index contributed by atoms with van der Waals surface area (Å²) in [5, 5.41) is 1.82. The lowest BCUT2D eigenvalue weighted by atomic mass is 10.1. The van der Waals surface area contributed by atoms with E-state index in [0.717, 1.165) is 0 Å². The number of esters is 1. The Labute approximate surface area is 191 Å². The van der Waals surface area contributed by atoms with Gasteiger partial charge in [-0.1, -0.05) is 32.0 Å². The first kappa shape index (κ1) is 24.1. The standard InChI is InChI=1S/C23H26FNO5S2/c1-16(2)13-25(19-9-11-32(28,29)15-19)22(26)14-30-23(27)20(21-4-3-10-31-21)12-17-5-7-18(24)8-6-17/h3-8,10,12,16,19H,9,11,13-15H2,1-2H3/b20-12+/t19-/m1/s1. The molecular weight excluding hydrogens is 453 g/mol. The van der Waals surface area contributed by atoms with Crippen LogP contribution in [0.15, 0.2) is 41.8 Å². The first-order chi connectivity index (χ1) is 15.1. The number of sulfone groups is 1. The zero-order valence-electron chi connectivity index (χ0n) is 18.0. The summed E-state index contributed by atoms with van der Waals surface area (Å²) in [6.45, 7) is 3.79. The average Bonchev–Trinajstić information content (AvgIpc) is 3.39. The lowest BCUT2D eigenvalue weighted by molar-refractivity contribution is -0.148. The van der Waals surface area contributed by atoms with Gasteiger partial charge in [-0.2, -0.15) is 0 Å². The Hall–Kier alpha value is -2.52. The second-order valence-corrected chi connectivity index (χ2v) is 11.3. The fourth-order valence-electron chi connectivity index (χ4n) is 3.55.